The maximum absolute atomic E-state index is 13.5. The summed E-state index contributed by atoms with van der Waals surface area (Å²) in [6, 6.07) is 17.8. The first kappa shape index (κ1) is 23.7. The number of benzene rings is 3. The van der Waals surface area contributed by atoms with Crippen LogP contribution in [0, 0.1) is 0 Å². The van der Waals surface area contributed by atoms with Gasteiger partial charge >= 0.3 is 0 Å². The summed E-state index contributed by atoms with van der Waals surface area (Å²) in [6.45, 7) is 0. The molecule has 4 rings (SSSR count). The molecule has 5 nitrogen and oxygen atoms in total. The van der Waals surface area contributed by atoms with Crippen LogP contribution in [0.3, 0.4) is 0 Å². The number of hydrogen-bond donors (Lipinski definition) is 0. The molecule has 1 saturated heterocycles. The third-order valence-corrected chi connectivity index (χ3v) is 6.89. The van der Waals surface area contributed by atoms with Crippen LogP contribution >= 0.6 is 50.9 Å². The molecule has 0 unspecified atom stereocenters. The quantitative estimate of drug-likeness (QED) is 0.300. The molecule has 1 amide bonds. The number of carbonyl (C=O) groups excluding carboxylic acids is 1. The fraction of sp³-hybridized carbons (Fsp3) is 0.0833. The zero-order valence-corrected chi connectivity index (χ0v) is 21.4. The number of nitrogens with zero attached hydrogens (tertiary/aromatic N) is 2. The molecular formula is C24H17BrCl2N2O3S. The number of rotatable bonds is 5. The Labute approximate surface area is 214 Å². The normalized spacial score (nSPS) is 16.0. The van der Waals surface area contributed by atoms with E-state index in [1.807, 2.05) is 6.07 Å². The van der Waals surface area contributed by atoms with Crippen molar-refractivity contribution in [2.45, 2.75) is 0 Å². The third-order valence-electron chi connectivity index (χ3n) is 4.73. The van der Waals surface area contributed by atoms with Gasteiger partial charge in [-0.3, -0.25) is 9.69 Å². The van der Waals surface area contributed by atoms with Crippen molar-refractivity contribution in [1.29, 1.82) is 0 Å². The predicted molar refractivity (Wildman–Crippen MR) is 140 cm³/mol. The number of thioether (sulfide) groups is 1. The highest BCUT2D eigenvalue weighted by Crippen LogP contribution is 2.40. The third kappa shape index (κ3) is 5.22. The zero-order valence-electron chi connectivity index (χ0n) is 17.5. The van der Waals surface area contributed by atoms with Crippen molar-refractivity contribution in [3.63, 3.8) is 0 Å². The van der Waals surface area contributed by atoms with Crippen molar-refractivity contribution in [2.24, 2.45) is 4.99 Å². The lowest BCUT2D eigenvalue weighted by Crippen LogP contribution is -2.28. The second kappa shape index (κ2) is 10.2. The van der Waals surface area contributed by atoms with Crippen molar-refractivity contribution >= 4 is 79.4 Å². The van der Waals surface area contributed by atoms with Crippen molar-refractivity contribution in [2.75, 3.05) is 19.1 Å². The van der Waals surface area contributed by atoms with E-state index >= 15 is 0 Å². The predicted octanol–water partition coefficient (Wildman–Crippen LogP) is 7.58. The van der Waals surface area contributed by atoms with Crippen LogP contribution in [-0.2, 0) is 4.79 Å². The van der Waals surface area contributed by atoms with E-state index in [-0.39, 0.29) is 5.91 Å². The Morgan fingerprint density at radius 3 is 2.12 bits per heavy atom. The molecule has 3 aromatic rings. The van der Waals surface area contributed by atoms with E-state index < -0.39 is 0 Å². The van der Waals surface area contributed by atoms with Gasteiger partial charge in [0, 0.05) is 14.5 Å². The van der Waals surface area contributed by atoms with Gasteiger partial charge in [-0.15, -0.1) is 0 Å². The Kier molecular flexibility index (Phi) is 7.34. The van der Waals surface area contributed by atoms with Crippen LogP contribution in [0.1, 0.15) is 5.56 Å². The van der Waals surface area contributed by atoms with E-state index in [1.54, 1.807) is 79.8 Å². The van der Waals surface area contributed by atoms with Gasteiger partial charge in [0.25, 0.3) is 5.91 Å². The molecule has 33 heavy (non-hydrogen) atoms. The van der Waals surface area contributed by atoms with E-state index in [4.69, 9.17) is 37.7 Å². The molecule has 1 heterocycles. The summed E-state index contributed by atoms with van der Waals surface area (Å²) in [5, 5.41) is 1.72. The van der Waals surface area contributed by atoms with E-state index in [0.717, 1.165) is 10.0 Å². The van der Waals surface area contributed by atoms with Gasteiger partial charge < -0.3 is 9.47 Å². The van der Waals surface area contributed by atoms with E-state index in [1.165, 1.54) is 11.8 Å². The Bertz CT molecular complexity index is 1260. The molecule has 0 radical (unpaired) electrons. The standard InChI is InChI=1S/C24H17BrCl2N2O3S/c1-31-20-11-14(19(25)13-21(20)32-2)12-22-23(30)29(18-9-5-16(27)6-10-18)24(33-22)28-17-7-3-15(26)4-8-17/h3-13H,1-2H3/b22-12-,28-24?. The second-order valence-electron chi connectivity index (χ2n) is 6.83. The van der Waals surface area contributed by atoms with Crippen LogP contribution in [0.15, 0.2) is 75.0 Å². The van der Waals surface area contributed by atoms with Gasteiger partial charge in [0.1, 0.15) is 0 Å². The first-order chi connectivity index (χ1) is 15.9. The van der Waals surface area contributed by atoms with Gasteiger partial charge in [0.2, 0.25) is 0 Å². The van der Waals surface area contributed by atoms with Crippen LogP contribution in [0.5, 0.6) is 11.5 Å². The molecule has 0 atom stereocenters. The van der Waals surface area contributed by atoms with Gasteiger partial charge in [0.15, 0.2) is 16.7 Å². The summed E-state index contributed by atoms with van der Waals surface area (Å²) < 4.78 is 11.5. The summed E-state index contributed by atoms with van der Waals surface area (Å²) in [7, 11) is 3.14. The minimum Gasteiger partial charge on any atom is -0.493 e. The number of carbonyl (C=O) groups is 1. The van der Waals surface area contributed by atoms with Gasteiger partial charge in [-0.25, -0.2) is 4.99 Å². The van der Waals surface area contributed by atoms with Crippen LogP contribution in [-0.4, -0.2) is 25.3 Å². The minimum absolute atomic E-state index is 0.197. The monoisotopic (exact) mass is 562 g/mol. The first-order valence-corrected chi connectivity index (χ1v) is 12.0. The van der Waals surface area contributed by atoms with E-state index in [9.17, 15) is 4.79 Å². The van der Waals surface area contributed by atoms with Gasteiger partial charge in [-0.05, 0) is 84.1 Å². The molecule has 1 fully saturated rings. The molecule has 0 aliphatic carbocycles. The highest BCUT2D eigenvalue weighted by atomic mass is 79.9. The SMILES string of the molecule is COc1cc(Br)c(/C=C2\SC(=Nc3ccc(Cl)cc3)N(c3ccc(Cl)cc3)C2=O)cc1OC. The number of amidine groups is 1. The summed E-state index contributed by atoms with van der Waals surface area (Å²) in [5.41, 5.74) is 2.12. The maximum Gasteiger partial charge on any atom is 0.271 e. The highest BCUT2D eigenvalue weighted by Gasteiger charge is 2.35. The van der Waals surface area contributed by atoms with Crippen molar-refractivity contribution in [1.82, 2.24) is 0 Å². The van der Waals surface area contributed by atoms with Crippen LogP contribution in [0.25, 0.3) is 6.08 Å². The Morgan fingerprint density at radius 2 is 1.52 bits per heavy atom. The van der Waals surface area contributed by atoms with E-state index in [0.29, 0.717) is 43.0 Å². The molecule has 0 saturated carbocycles. The van der Waals surface area contributed by atoms with Crippen molar-refractivity contribution in [3.8, 4) is 11.5 Å². The lowest BCUT2D eigenvalue weighted by atomic mass is 10.1. The number of halogens is 3. The highest BCUT2D eigenvalue weighted by molar-refractivity contribution is 9.10. The summed E-state index contributed by atoms with van der Waals surface area (Å²) >= 11 is 16.9. The number of aliphatic imine (C=N–C) groups is 1. The average Bonchev–Trinajstić information content (AvgIpc) is 3.11. The summed E-state index contributed by atoms with van der Waals surface area (Å²) in [4.78, 5) is 20.2. The Morgan fingerprint density at radius 1 is 0.939 bits per heavy atom. The molecule has 168 valence electrons. The lowest BCUT2D eigenvalue weighted by molar-refractivity contribution is -0.113. The van der Waals surface area contributed by atoms with Crippen molar-refractivity contribution < 1.29 is 14.3 Å². The second-order valence-corrected chi connectivity index (χ2v) is 9.56. The number of anilines is 1. The molecule has 9 heteroatoms. The number of ether oxygens (including phenoxy) is 2. The van der Waals surface area contributed by atoms with Crippen LogP contribution in [0.4, 0.5) is 11.4 Å². The number of methoxy groups -OCH3 is 2. The van der Waals surface area contributed by atoms with E-state index in [2.05, 4.69) is 15.9 Å². The topological polar surface area (TPSA) is 51.1 Å². The number of hydrogen-bond acceptors (Lipinski definition) is 5. The number of amides is 1. The smallest absolute Gasteiger partial charge is 0.271 e. The Hall–Kier alpha value is -2.45. The average molecular weight is 564 g/mol. The molecule has 0 bridgehead atoms. The zero-order chi connectivity index (χ0) is 23.5. The van der Waals surface area contributed by atoms with Crippen LogP contribution < -0.4 is 14.4 Å². The fourth-order valence-electron chi connectivity index (χ4n) is 3.11. The summed E-state index contributed by atoms with van der Waals surface area (Å²) in [5.74, 6) is 0.953. The lowest BCUT2D eigenvalue weighted by Gasteiger charge is -2.15. The van der Waals surface area contributed by atoms with Crippen LogP contribution in [0.2, 0.25) is 10.0 Å². The maximum atomic E-state index is 13.5. The Balaban J connectivity index is 1.79. The molecule has 0 aromatic heterocycles. The molecule has 1 aliphatic rings. The summed E-state index contributed by atoms with van der Waals surface area (Å²) in [6.07, 6.45) is 1.80. The molecule has 0 spiro atoms. The fourth-order valence-corrected chi connectivity index (χ4v) is 4.80. The van der Waals surface area contributed by atoms with Crippen molar-refractivity contribution in [3.05, 3.63) is 85.7 Å². The molecule has 3 aromatic carbocycles. The largest absolute Gasteiger partial charge is 0.493 e. The minimum atomic E-state index is -0.197. The first-order valence-electron chi connectivity index (χ1n) is 9.65. The molecule has 1 aliphatic heterocycles. The van der Waals surface area contributed by atoms with Gasteiger partial charge in [-0.2, -0.15) is 0 Å². The van der Waals surface area contributed by atoms with Gasteiger partial charge in [-0.1, -0.05) is 39.1 Å². The molecule has 0 N–H and O–H groups in total. The molecular weight excluding hydrogens is 547 g/mol. The van der Waals surface area contributed by atoms with Gasteiger partial charge in [0.05, 0.1) is 30.5 Å².